The molecule has 0 aliphatic carbocycles. The molecule has 2 heterocycles. The van der Waals surface area contributed by atoms with E-state index >= 15 is 0 Å². The molecule has 0 spiro atoms. The van der Waals surface area contributed by atoms with Crippen LogP contribution in [0.5, 0.6) is 0 Å². The lowest BCUT2D eigenvalue weighted by atomic mass is 10.1. The summed E-state index contributed by atoms with van der Waals surface area (Å²) in [6.45, 7) is 4.28. The van der Waals surface area contributed by atoms with Crippen LogP contribution in [0.15, 0.2) is 42.3 Å². The highest BCUT2D eigenvalue weighted by Gasteiger charge is 2.12. The third-order valence-electron chi connectivity index (χ3n) is 3.51. The molecule has 0 saturated heterocycles. The van der Waals surface area contributed by atoms with Crippen molar-refractivity contribution in [2.75, 3.05) is 5.32 Å². The number of H-pyrrole nitrogens is 1. The smallest absolute Gasteiger partial charge is 0.257 e. The van der Waals surface area contributed by atoms with Gasteiger partial charge < -0.3 is 0 Å². The molecule has 1 aromatic carbocycles. The van der Waals surface area contributed by atoms with E-state index < -0.39 is 0 Å². The van der Waals surface area contributed by atoms with Gasteiger partial charge in [-0.25, -0.2) is 4.98 Å². The van der Waals surface area contributed by atoms with E-state index in [4.69, 9.17) is 17.5 Å². The first-order valence-corrected chi connectivity index (χ1v) is 8.90. The van der Waals surface area contributed by atoms with Crippen LogP contribution in [0, 0.1) is 16.1 Å². The highest BCUT2D eigenvalue weighted by molar-refractivity contribution is 7.71. The Kier molecular flexibility index (Phi) is 5.36. The summed E-state index contributed by atoms with van der Waals surface area (Å²) in [7, 11) is 0. The zero-order valence-corrected chi connectivity index (χ0v) is 15.2. The predicted molar refractivity (Wildman–Crippen MR) is 102 cm³/mol. The third-order valence-corrected chi connectivity index (χ3v) is 4.63. The Hall–Kier alpha value is -3.09. The van der Waals surface area contributed by atoms with Crippen LogP contribution in [0.2, 0.25) is 0 Å². The lowest BCUT2D eigenvalue weighted by molar-refractivity contribution is 0.102. The van der Waals surface area contributed by atoms with Crippen LogP contribution in [0.1, 0.15) is 27.4 Å². The van der Waals surface area contributed by atoms with Crippen molar-refractivity contribution < 1.29 is 4.79 Å². The summed E-state index contributed by atoms with van der Waals surface area (Å²) in [5.74, 6) is 0.442. The number of carbonyl (C=O) groups is 1. The van der Waals surface area contributed by atoms with E-state index in [2.05, 4.69) is 27.1 Å². The molecule has 0 aliphatic heterocycles. The number of aromatic amines is 1. The minimum absolute atomic E-state index is 0.308. The highest BCUT2D eigenvalue weighted by Crippen LogP contribution is 2.19. The van der Waals surface area contributed by atoms with Crippen LogP contribution < -0.4 is 5.32 Å². The number of hydrogen-bond donors (Lipinski definition) is 2. The zero-order chi connectivity index (χ0) is 18.5. The first kappa shape index (κ1) is 17.7. The van der Waals surface area contributed by atoms with Crippen molar-refractivity contribution in [2.24, 2.45) is 0 Å². The number of rotatable bonds is 6. The van der Waals surface area contributed by atoms with Crippen molar-refractivity contribution in [3.05, 3.63) is 69.7 Å². The summed E-state index contributed by atoms with van der Waals surface area (Å²) < 4.78 is 2.37. The number of hydrogen-bond acceptors (Lipinski definition) is 6. The molecule has 26 heavy (non-hydrogen) atoms. The Labute approximate surface area is 158 Å². The van der Waals surface area contributed by atoms with Gasteiger partial charge in [0.1, 0.15) is 5.82 Å². The monoisotopic (exact) mass is 382 g/mol. The van der Waals surface area contributed by atoms with Crippen LogP contribution in [-0.2, 0) is 13.0 Å². The fraction of sp³-hybridized carbons (Fsp3) is 0.118. The maximum atomic E-state index is 12.3. The SMILES string of the molecule is C=CCn1c(Cc2csc(NC(=O)c3cccc(C#N)c3)n2)n[nH]c1=S. The Bertz CT molecular complexity index is 1060. The van der Waals surface area contributed by atoms with Crippen molar-refractivity contribution in [3.63, 3.8) is 0 Å². The molecule has 0 atom stereocenters. The Balaban J connectivity index is 1.72. The molecule has 0 fully saturated rings. The summed E-state index contributed by atoms with van der Waals surface area (Å²) in [6.07, 6.45) is 2.23. The summed E-state index contributed by atoms with van der Waals surface area (Å²) in [4.78, 5) is 16.7. The van der Waals surface area contributed by atoms with Gasteiger partial charge in [0.2, 0.25) is 0 Å². The minimum atomic E-state index is -0.308. The van der Waals surface area contributed by atoms with Crippen LogP contribution in [0.25, 0.3) is 0 Å². The van der Waals surface area contributed by atoms with E-state index in [0.29, 0.717) is 34.0 Å². The second-order valence-corrected chi connectivity index (χ2v) is 6.56. The van der Waals surface area contributed by atoms with Crippen molar-refractivity contribution in [1.29, 1.82) is 5.26 Å². The van der Waals surface area contributed by atoms with Crippen molar-refractivity contribution in [1.82, 2.24) is 19.7 Å². The Morgan fingerprint density at radius 3 is 3.15 bits per heavy atom. The molecule has 7 nitrogen and oxygen atoms in total. The molecule has 2 aromatic heterocycles. The minimum Gasteiger partial charge on any atom is -0.300 e. The van der Waals surface area contributed by atoms with Gasteiger partial charge in [0.15, 0.2) is 9.90 Å². The average Bonchev–Trinajstić information content (AvgIpc) is 3.23. The molecule has 0 saturated carbocycles. The van der Waals surface area contributed by atoms with Gasteiger partial charge in [-0.3, -0.25) is 19.8 Å². The number of aromatic nitrogens is 4. The molecule has 130 valence electrons. The molecule has 0 aliphatic rings. The number of benzene rings is 1. The standard InChI is InChI=1S/C17H14N6OS2/c1-2-6-23-14(21-22-17(23)25)8-13-10-26-16(19-13)20-15(24)12-5-3-4-11(7-12)9-18/h2-5,7,10H,1,6,8H2,(H,22,25)(H,19,20,24). The largest absolute Gasteiger partial charge is 0.300 e. The van der Waals surface area contributed by atoms with Gasteiger partial charge >= 0.3 is 0 Å². The fourth-order valence-corrected chi connectivity index (χ4v) is 3.24. The predicted octanol–water partition coefficient (Wildman–Crippen LogP) is 3.30. The second-order valence-electron chi connectivity index (χ2n) is 5.31. The average molecular weight is 382 g/mol. The van der Waals surface area contributed by atoms with Gasteiger partial charge in [-0.15, -0.1) is 17.9 Å². The quantitative estimate of drug-likeness (QED) is 0.503. The normalized spacial score (nSPS) is 10.3. The maximum absolute atomic E-state index is 12.3. The second kappa shape index (κ2) is 7.86. The zero-order valence-electron chi connectivity index (χ0n) is 13.6. The Morgan fingerprint density at radius 1 is 1.54 bits per heavy atom. The summed E-state index contributed by atoms with van der Waals surface area (Å²) in [5.41, 5.74) is 1.62. The summed E-state index contributed by atoms with van der Waals surface area (Å²) >= 11 is 6.52. The molecule has 9 heteroatoms. The number of allylic oxidation sites excluding steroid dienone is 1. The third kappa shape index (κ3) is 3.93. The molecule has 0 bridgehead atoms. The molecule has 2 N–H and O–H groups in total. The summed E-state index contributed by atoms with van der Waals surface area (Å²) in [5, 5.41) is 21.0. The van der Waals surface area contributed by atoms with Crippen LogP contribution in [0.4, 0.5) is 5.13 Å². The lowest BCUT2D eigenvalue weighted by Gasteiger charge is -2.02. The van der Waals surface area contributed by atoms with Crippen molar-refractivity contribution in [2.45, 2.75) is 13.0 Å². The number of nitrogens with zero attached hydrogens (tertiary/aromatic N) is 4. The van der Waals surface area contributed by atoms with Crippen LogP contribution in [-0.4, -0.2) is 25.7 Å². The lowest BCUT2D eigenvalue weighted by Crippen LogP contribution is -2.12. The number of thiazole rings is 1. The van der Waals surface area contributed by atoms with E-state index in [0.717, 1.165) is 11.5 Å². The number of nitrogens with one attached hydrogen (secondary N) is 2. The first-order chi connectivity index (χ1) is 12.6. The molecule has 0 radical (unpaired) electrons. The van der Waals surface area contributed by atoms with E-state index in [1.807, 2.05) is 16.0 Å². The molecule has 0 unspecified atom stereocenters. The Morgan fingerprint density at radius 2 is 2.38 bits per heavy atom. The molecule has 3 rings (SSSR count). The molecular weight excluding hydrogens is 368 g/mol. The van der Waals surface area contributed by atoms with E-state index in [1.54, 1.807) is 24.3 Å². The topological polar surface area (TPSA) is 99.4 Å². The number of nitriles is 1. The fourth-order valence-electron chi connectivity index (χ4n) is 2.31. The maximum Gasteiger partial charge on any atom is 0.257 e. The first-order valence-electron chi connectivity index (χ1n) is 7.61. The van der Waals surface area contributed by atoms with Gasteiger partial charge in [0.25, 0.3) is 5.91 Å². The molecule has 3 aromatic rings. The van der Waals surface area contributed by atoms with Gasteiger partial charge in [0, 0.05) is 17.5 Å². The van der Waals surface area contributed by atoms with Gasteiger partial charge in [0.05, 0.1) is 23.7 Å². The number of amides is 1. The van der Waals surface area contributed by atoms with Crippen LogP contribution in [0.3, 0.4) is 0 Å². The van der Waals surface area contributed by atoms with Gasteiger partial charge in [-0.05, 0) is 30.4 Å². The molecular formula is C17H14N6OS2. The molecule has 1 amide bonds. The van der Waals surface area contributed by atoms with E-state index in [9.17, 15) is 4.79 Å². The van der Waals surface area contributed by atoms with Crippen LogP contribution >= 0.6 is 23.6 Å². The number of anilines is 1. The highest BCUT2D eigenvalue weighted by atomic mass is 32.1. The van der Waals surface area contributed by atoms with E-state index in [1.165, 1.54) is 17.4 Å². The number of carbonyl (C=O) groups excluding carboxylic acids is 1. The van der Waals surface area contributed by atoms with E-state index in [-0.39, 0.29) is 5.91 Å². The van der Waals surface area contributed by atoms with Gasteiger partial charge in [-0.2, -0.15) is 10.4 Å². The van der Waals surface area contributed by atoms with Crippen molar-refractivity contribution in [3.8, 4) is 6.07 Å². The summed E-state index contributed by atoms with van der Waals surface area (Å²) in [6, 6.07) is 8.52. The van der Waals surface area contributed by atoms with Crippen molar-refractivity contribution >= 4 is 34.6 Å². The van der Waals surface area contributed by atoms with Gasteiger partial charge in [-0.1, -0.05) is 12.1 Å².